The molecular weight excluding hydrogens is 193 g/mol. The van der Waals surface area contributed by atoms with E-state index in [2.05, 4.69) is 5.32 Å². The Morgan fingerprint density at radius 2 is 2.27 bits per heavy atom. The summed E-state index contributed by atoms with van der Waals surface area (Å²) in [4.78, 5) is 0. The second-order valence-electron chi connectivity index (χ2n) is 3.85. The average molecular weight is 209 g/mol. The fourth-order valence-corrected chi connectivity index (χ4v) is 1.65. The summed E-state index contributed by atoms with van der Waals surface area (Å²) in [5.41, 5.74) is 0.848. The van der Waals surface area contributed by atoms with E-state index in [0.29, 0.717) is 18.4 Å². The molecule has 0 unspecified atom stereocenters. The Hall–Kier alpha value is -1.25. The Bertz CT molecular complexity index is 336. The van der Waals surface area contributed by atoms with Crippen LogP contribution in [0.3, 0.4) is 0 Å². The van der Waals surface area contributed by atoms with Gasteiger partial charge >= 0.3 is 0 Å². The van der Waals surface area contributed by atoms with Gasteiger partial charge in [0.1, 0.15) is 0 Å². The van der Waals surface area contributed by atoms with Crippen molar-refractivity contribution in [2.45, 2.75) is 32.2 Å². The quantitative estimate of drug-likeness (QED) is 0.822. The Kier molecular flexibility index (Phi) is 3.09. The van der Waals surface area contributed by atoms with E-state index in [0.717, 1.165) is 5.69 Å². The Morgan fingerprint density at radius 3 is 2.80 bits per heavy atom. The standard InChI is InChI=1S/C12H16FNO/c1-2-15-12-7-6-10(8-11(12)13)14-9-4-3-5-9/h6-9,14H,2-5H2,1H3. The SMILES string of the molecule is CCOc1ccc(NC2CCC2)cc1F. The Labute approximate surface area is 89.4 Å². The minimum Gasteiger partial charge on any atom is -0.491 e. The lowest BCUT2D eigenvalue weighted by Gasteiger charge is -2.27. The number of halogens is 1. The molecule has 1 fully saturated rings. The van der Waals surface area contributed by atoms with Crippen LogP contribution in [-0.4, -0.2) is 12.6 Å². The summed E-state index contributed by atoms with van der Waals surface area (Å²) in [6, 6.07) is 5.58. The molecule has 0 radical (unpaired) electrons. The van der Waals surface area contributed by atoms with Crippen molar-refractivity contribution >= 4 is 5.69 Å². The molecule has 0 aromatic heterocycles. The number of anilines is 1. The van der Waals surface area contributed by atoms with Crippen molar-refractivity contribution in [2.75, 3.05) is 11.9 Å². The number of hydrogen-bond donors (Lipinski definition) is 1. The monoisotopic (exact) mass is 209 g/mol. The van der Waals surface area contributed by atoms with E-state index in [-0.39, 0.29) is 5.82 Å². The van der Waals surface area contributed by atoms with Crippen molar-refractivity contribution in [1.82, 2.24) is 0 Å². The van der Waals surface area contributed by atoms with Crippen molar-refractivity contribution in [3.63, 3.8) is 0 Å². The summed E-state index contributed by atoms with van der Waals surface area (Å²) >= 11 is 0. The molecule has 15 heavy (non-hydrogen) atoms. The van der Waals surface area contributed by atoms with E-state index < -0.39 is 0 Å². The van der Waals surface area contributed by atoms with Crippen molar-refractivity contribution in [3.05, 3.63) is 24.0 Å². The van der Waals surface area contributed by atoms with Crippen LogP contribution in [0, 0.1) is 5.82 Å². The van der Waals surface area contributed by atoms with Crippen LogP contribution in [0.1, 0.15) is 26.2 Å². The maximum Gasteiger partial charge on any atom is 0.167 e. The van der Waals surface area contributed by atoms with Gasteiger partial charge in [-0.15, -0.1) is 0 Å². The van der Waals surface area contributed by atoms with Gasteiger partial charge in [-0.1, -0.05) is 0 Å². The van der Waals surface area contributed by atoms with Gasteiger partial charge in [0, 0.05) is 17.8 Å². The highest BCUT2D eigenvalue weighted by Crippen LogP contribution is 2.26. The summed E-state index contributed by atoms with van der Waals surface area (Å²) in [5, 5.41) is 3.29. The summed E-state index contributed by atoms with van der Waals surface area (Å²) < 4.78 is 18.6. The lowest BCUT2D eigenvalue weighted by molar-refractivity contribution is 0.321. The zero-order valence-electron chi connectivity index (χ0n) is 8.92. The molecule has 0 bridgehead atoms. The van der Waals surface area contributed by atoms with E-state index in [1.165, 1.54) is 25.3 Å². The molecule has 3 heteroatoms. The zero-order valence-corrected chi connectivity index (χ0v) is 8.92. The molecule has 1 N–H and O–H groups in total. The van der Waals surface area contributed by atoms with Crippen molar-refractivity contribution in [1.29, 1.82) is 0 Å². The molecule has 2 rings (SSSR count). The average Bonchev–Trinajstić information content (AvgIpc) is 2.16. The molecule has 0 aliphatic heterocycles. The van der Waals surface area contributed by atoms with E-state index >= 15 is 0 Å². The topological polar surface area (TPSA) is 21.3 Å². The number of nitrogens with one attached hydrogen (secondary N) is 1. The molecule has 1 aliphatic carbocycles. The van der Waals surface area contributed by atoms with Crippen LogP contribution in [0.2, 0.25) is 0 Å². The van der Waals surface area contributed by atoms with Crippen molar-refractivity contribution in [2.24, 2.45) is 0 Å². The predicted molar refractivity (Wildman–Crippen MR) is 58.8 cm³/mol. The highest BCUT2D eigenvalue weighted by molar-refractivity contribution is 5.48. The smallest absolute Gasteiger partial charge is 0.167 e. The summed E-state index contributed by atoms with van der Waals surface area (Å²) in [6.45, 7) is 2.34. The van der Waals surface area contributed by atoms with Crippen LogP contribution in [-0.2, 0) is 0 Å². The molecule has 1 aliphatic rings. The number of ether oxygens (including phenoxy) is 1. The second kappa shape index (κ2) is 4.51. The summed E-state index contributed by atoms with van der Waals surface area (Å²) in [6.07, 6.45) is 3.65. The number of benzene rings is 1. The molecule has 0 amide bonds. The molecule has 0 saturated heterocycles. The molecule has 1 aromatic carbocycles. The van der Waals surface area contributed by atoms with Gasteiger partial charge in [0.05, 0.1) is 6.61 Å². The van der Waals surface area contributed by atoms with Gasteiger partial charge in [-0.05, 0) is 38.3 Å². The van der Waals surface area contributed by atoms with Crippen LogP contribution in [0.15, 0.2) is 18.2 Å². The van der Waals surface area contributed by atoms with Crippen LogP contribution in [0.4, 0.5) is 10.1 Å². The van der Waals surface area contributed by atoms with Gasteiger partial charge in [0.25, 0.3) is 0 Å². The lowest BCUT2D eigenvalue weighted by Crippen LogP contribution is -2.26. The predicted octanol–water partition coefficient (Wildman–Crippen LogP) is 3.19. The van der Waals surface area contributed by atoms with E-state index in [1.807, 2.05) is 13.0 Å². The molecule has 0 spiro atoms. The number of rotatable bonds is 4. The summed E-state index contributed by atoms with van der Waals surface area (Å²) in [5.74, 6) is 0.0397. The highest BCUT2D eigenvalue weighted by atomic mass is 19.1. The first-order chi connectivity index (χ1) is 7.29. The maximum absolute atomic E-state index is 13.4. The highest BCUT2D eigenvalue weighted by Gasteiger charge is 2.17. The summed E-state index contributed by atoms with van der Waals surface area (Å²) in [7, 11) is 0. The third-order valence-electron chi connectivity index (χ3n) is 2.71. The Morgan fingerprint density at radius 1 is 1.47 bits per heavy atom. The van der Waals surface area contributed by atoms with Crippen LogP contribution < -0.4 is 10.1 Å². The fourth-order valence-electron chi connectivity index (χ4n) is 1.65. The minimum absolute atomic E-state index is 0.291. The van der Waals surface area contributed by atoms with Gasteiger partial charge in [-0.3, -0.25) is 0 Å². The minimum atomic E-state index is -0.291. The second-order valence-corrected chi connectivity index (χ2v) is 3.85. The molecule has 0 atom stereocenters. The van der Waals surface area contributed by atoms with Gasteiger partial charge in [0.15, 0.2) is 11.6 Å². The van der Waals surface area contributed by atoms with E-state index in [1.54, 1.807) is 6.07 Å². The molecule has 1 aromatic rings. The van der Waals surface area contributed by atoms with Gasteiger partial charge in [0.2, 0.25) is 0 Å². The first-order valence-corrected chi connectivity index (χ1v) is 5.48. The van der Waals surface area contributed by atoms with E-state index in [4.69, 9.17) is 4.74 Å². The van der Waals surface area contributed by atoms with Crippen LogP contribution >= 0.6 is 0 Å². The third-order valence-corrected chi connectivity index (χ3v) is 2.71. The molecule has 0 heterocycles. The lowest BCUT2D eigenvalue weighted by atomic mass is 9.93. The normalized spacial score (nSPS) is 15.9. The fraction of sp³-hybridized carbons (Fsp3) is 0.500. The van der Waals surface area contributed by atoms with E-state index in [9.17, 15) is 4.39 Å². The molecule has 1 saturated carbocycles. The molecule has 82 valence electrons. The van der Waals surface area contributed by atoms with Crippen LogP contribution in [0.25, 0.3) is 0 Å². The third kappa shape index (κ3) is 2.41. The largest absolute Gasteiger partial charge is 0.491 e. The maximum atomic E-state index is 13.4. The van der Waals surface area contributed by atoms with Crippen molar-refractivity contribution in [3.8, 4) is 5.75 Å². The Balaban J connectivity index is 2.03. The first kappa shape index (κ1) is 10.3. The molecular formula is C12H16FNO. The van der Waals surface area contributed by atoms with Crippen molar-refractivity contribution < 1.29 is 9.13 Å². The van der Waals surface area contributed by atoms with Gasteiger partial charge in [-0.25, -0.2) is 4.39 Å². The zero-order chi connectivity index (χ0) is 10.7. The molecule has 2 nitrogen and oxygen atoms in total. The van der Waals surface area contributed by atoms with Gasteiger partial charge < -0.3 is 10.1 Å². The number of hydrogen-bond acceptors (Lipinski definition) is 2. The van der Waals surface area contributed by atoms with Crippen LogP contribution in [0.5, 0.6) is 5.75 Å². The first-order valence-electron chi connectivity index (χ1n) is 5.48. The van der Waals surface area contributed by atoms with Gasteiger partial charge in [-0.2, -0.15) is 0 Å².